The van der Waals surface area contributed by atoms with Gasteiger partial charge in [0.25, 0.3) is 11.8 Å². The first-order chi connectivity index (χ1) is 9.59. The Balaban J connectivity index is 1.82. The maximum atomic E-state index is 12.2. The lowest BCUT2D eigenvalue weighted by Gasteiger charge is -2.38. The summed E-state index contributed by atoms with van der Waals surface area (Å²) in [7, 11) is 0. The Bertz CT molecular complexity index is 563. The quantitative estimate of drug-likeness (QED) is 0.793. The van der Waals surface area contributed by atoms with Crippen LogP contribution >= 0.6 is 0 Å². The summed E-state index contributed by atoms with van der Waals surface area (Å²) in [5, 5.41) is 0.600. The first-order valence-electron chi connectivity index (χ1n) is 6.79. The normalized spacial score (nSPS) is 19.6. The summed E-state index contributed by atoms with van der Waals surface area (Å²) in [5.41, 5.74) is 0.0453. The molecule has 1 fully saturated rings. The molecule has 20 heavy (non-hydrogen) atoms. The highest BCUT2D eigenvalue weighted by Gasteiger charge is 2.47. The van der Waals surface area contributed by atoms with Crippen molar-refractivity contribution in [3.05, 3.63) is 35.4 Å². The summed E-state index contributed by atoms with van der Waals surface area (Å²) in [6.45, 7) is 1.92. The molecule has 0 radical (unpaired) electrons. The van der Waals surface area contributed by atoms with E-state index in [2.05, 4.69) is 0 Å². The zero-order chi connectivity index (χ0) is 14.3. The molecule has 1 aliphatic carbocycles. The minimum absolute atomic E-state index is 0.282. The van der Waals surface area contributed by atoms with E-state index in [1.54, 1.807) is 24.3 Å². The van der Waals surface area contributed by atoms with Crippen LogP contribution in [-0.4, -0.2) is 22.8 Å². The van der Waals surface area contributed by atoms with Gasteiger partial charge in [0.05, 0.1) is 16.5 Å². The first kappa shape index (κ1) is 12.8. The molecule has 1 saturated carbocycles. The number of hydroxylamine groups is 2. The number of amides is 2. The van der Waals surface area contributed by atoms with E-state index in [0.717, 1.165) is 19.3 Å². The van der Waals surface area contributed by atoms with E-state index in [1.807, 2.05) is 6.92 Å². The zero-order valence-electron chi connectivity index (χ0n) is 11.2. The molecular weight excluding hydrogens is 258 g/mol. The fourth-order valence-corrected chi connectivity index (χ4v) is 2.74. The fraction of sp³-hybridized carbons (Fsp3) is 0.400. The van der Waals surface area contributed by atoms with Gasteiger partial charge in [-0.25, -0.2) is 4.79 Å². The third kappa shape index (κ3) is 1.66. The Morgan fingerprint density at radius 1 is 1.20 bits per heavy atom. The Morgan fingerprint density at radius 2 is 1.75 bits per heavy atom. The van der Waals surface area contributed by atoms with Gasteiger partial charge < -0.3 is 4.84 Å². The maximum Gasteiger partial charge on any atom is 0.339 e. The number of carbonyl (C=O) groups excluding carboxylic acids is 3. The lowest BCUT2D eigenvalue weighted by Crippen LogP contribution is -2.44. The lowest BCUT2D eigenvalue weighted by molar-refractivity contribution is -0.187. The highest BCUT2D eigenvalue weighted by atomic mass is 16.7. The monoisotopic (exact) mass is 273 g/mol. The molecule has 104 valence electrons. The number of benzene rings is 1. The summed E-state index contributed by atoms with van der Waals surface area (Å²) in [6.07, 6.45) is 3.15. The van der Waals surface area contributed by atoms with Crippen molar-refractivity contribution in [1.29, 1.82) is 0 Å². The molecule has 5 heteroatoms. The summed E-state index contributed by atoms with van der Waals surface area (Å²) in [4.78, 5) is 41.5. The average molecular weight is 273 g/mol. The summed E-state index contributed by atoms with van der Waals surface area (Å²) < 4.78 is 0. The minimum Gasteiger partial charge on any atom is -0.329 e. The number of rotatable bonds is 3. The molecule has 0 unspecified atom stereocenters. The molecule has 0 bridgehead atoms. The summed E-state index contributed by atoms with van der Waals surface area (Å²) >= 11 is 0. The molecule has 5 nitrogen and oxygen atoms in total. The zero-order valence-corrected chi connectivity index (χ0v) is 11.2. The Labute approximate surface area is 116 Å². The van der Waals surface area contributed by atoms with Crippen LogP contribution in [0.1, 0.15) is 53.3 Å². The van der Waals surface area contributed by atoms with Crippen molar-refractivity contribution in [3.8, 4) is 0 Å². The van der Waals surface area contributed by atoms with Crippen LogP contribution < -0.4 is 0 Å². The number of imide groups is 1. The smallest absolute Gasteiger partial charge is 0.329 e. The van der Waals surface area contributed by atoms with Crippen molar-refractivity contribution in [2.75, 3.05) is 0 Å². The molecule has 0 N–H and O–H groups in total. The topological polar surface area (TPSA) is 63.7 Å². The van der Waals surface area contributed by atoms with Gasteiger partial charge in [-0.3, -0.25) is 9.59 Å². The van der Waals surface area contributed by atoms with Crippen molar-refractivity contribution >= 4 is 17.8 Å². The van der Waals surface area contributed by atoms with Gasteiger partial charge in [0, 0.05) is 0 Å². The minimum atomic E-state index is -0.565. The van der Waals surface area contributed by atoms with Crippen LogP contribution in [0.15, 0.2) is 24.3 Å². The van der Waals surface area contributed by atoms with Crippen molar-refractivity contribution < 1.29 is 19.2 Å². The van der Waals surface area contributed by atoms with Crippen LogP contribution in [0.25, 0.3) is 0 Å². The van der Waals surface area contributed by atoms with E-state index >= 15 is 0 Å². The fourth-order valence-electron chi connectivity index (χ4n) is 2.74. The molecule has 0 atom stereocenters. The molecule has 0 spiro atoms. The van der Waals surface area contributed by atoms with Crippen molar-refractivity contribution in [2.24, 2.45) is 5.41 Å². The van der Waals surface area contributed by atoms with Crippen molar-refractivity contribution in [1.82, 2.24) is 5.06 Å². The van der Waals surface area contributed by atoms with E-state index in [9.17, 15) is 14.4 Å². The average Bonchev–Trinajstić information content (AvgIpc) is 2.64. The number of fused-ring (bicyclic) bond motifs is 1. The van der Waals surface area contributed by atoms with Crippen LogP contribution in [0.5, 0.6) is 0 Å². The van der Waals surface area contributed by atoms with E-state index in [1.165, 1.54) is 0 Å². The molecule has 3 rings (SSSR count). The molecular formula is C15H15NO4. The standard InChI is InChI=1S/C15H15NO4/c1-2-15(8-5-9-15)14(19)20-16-12(17)10-6-3-4-7-11(10)13(16)18/h3-4,6-7H,2,5,8-9H2,1H3. The van der Waals surface area contributed by atoms with Crippen LogP contribution in [-0.2, 0) is 9.63 Å². The third-order valence-electron chi connectivity index (χ3n) is 4.35. The summed E-state index contributed by atoms with van der Waals surface area (Å²) in [6, 6.07) is 6.47. The van der Waals surface area contributed by atoms with Crippen LogP contribution in [0.4, 0.5) is 0 Å². The summed E-state index contributed by atoms with van der Waals surface area (Å²) in [5.74, 6) is -1.60. The van der Waals surface area contributed by atoms with Crippen molar-refractivity contribution in [2.45, 2.75) is 32.6 Å². The first-order valence-corrected chi connectivity index (χ1v) is 6.79. The van der Waals surface area contributed by atoms with Gasteiger partial charge in [0.1, 0.15) is 0 Å². The molecule has 1 heterocycles. The molecule has 1 aliphatic heterocycles. The third-order valence-corrected chi connectivity index (χ3v) is 4.35. The predicted molar refractivity (Wildman–Crippen MR) is 69.6 cm³/mol. The van der Waals surface area contributed by atoms with E-state index in [0.29, 0.717) is 11.5 Å². The SMILES string of the molecule is CCC1(C(=O)ON2C(=O)c3ccccc3C2=O)CCC1. The lowest BCUT2D eigenvalue weighted by atomic mass is 9.67. The second kappa shape index (κ2) is 4.44. The van der Waals surface area contributed by atoms with E-state index in [-0.39, 0.29) is 11.1 Å². The van der Waals surface area contributed by atoms with Gasteiger partial charge in [-0.1, -0.05) is 30.5 Å². The molecule has 1 aromatic rings. The van der Waals surface area contributed by atoms with Crippen LogP contribution in [0.3, 0.4) is 0 Å². The number of hydrogen-bond acceptors (Lipinski definition) is 4. The van der Waals surface area contributed by atoms with Gasteiger partial charge in [-0.05, 0) is 31.4 Å². The maximum absolute atomic E-state index is 12.2. The van der Waals surface area contributed by atoms with E-state index < -0.39 is 23.2 Å². The molecule has 0 saturated heterocycles. The van der Waals surface area contributed by atoms with Gasteiger partial charge in [0.15, 0.2) is 0 Å². The predicted octanol–water partition coefficient (Wildman–Crippen LogP) is 2.32. The second-order valence-electron chi connectivity index (χ2n) is 5.32. The molecule has 2 aliphatic rings. The molecule has 2 amide bonds. The van der Waals surface area contributed by atoms with Crippen molar-refractivity contribution in [3.63, 3.8) is 0 Å². The highest BCUT2D eigenvalue weighted by Crippen LogP contribution is 2.45. The molecule has 1 aromatic carbocycles. The Hall–Kier alpha value is -2.17. The number of carbonyl (C=O) groups is 3. The number of hydrogen-bond donors (Lipinski definition) is 0. The van der Waals surface area contributed by atoms with Gasteiger partial charge in [0.2, 0.25) is 0 Å². The van der Waals surface area contributed by atoms with Crippen LogP contribution in [0.2, 0.25) is 0 Å². The van der Waals surface area contributed by atoms with Gasteiger partial charge in [-0.2, -0.15) is 0 Å². The van der Waals surface area contributed by atoms with Gasteiger partial charge >= 0.3 is 5.97 Å². The highest BCUT2D eigenvalue weighted by molar-refractivity contribution is 6.20. The van der Waals surface area contributed by atoms with Crippen LogP contribution in [0, 0.1) is 5.41 Å². The van der Waals surface area contributed by atoms with Gasteiger partial charge in [-0.15, -0.1) is 0 Å². The largest absolute Gasteiger partial charge is 0.339 e. The molecule has 0 aromatic heterocycles. The Morgan fingerprint density at radius 3 is 2.15 bits per heavy atom. The van der Waals surface area contributed by atoms with E-state index in [4.69, 9.17) is 4.84 Å². The number of nitrogens with zero attached hydrogens (tertiary/aromatic N) is 1. The Kier molecular flexibility index (Phi) is 2.85. The second-order valence-corrected chi connectivity index (χ2v) is 5.32.